The van der Waals surface area contributed by atoms with E-state index in [0.717, 1.165) is 30.6 Å². The monoisotopic (exact) mass is 352 g/mol. The van der Waals surface area contributed by atoms with E-state index in [-0.39, 0.29) is 11.3 Å². The lowest BCUT2D eigenvalue weighted by atomic mass is 9.56. The number of hydrogen-bond acceptors (Lipinski definition) is 2. The molecule has 26 heavy (non-hydrogen) atoms. The van der Waals surface area contributed by atoms with Crippen molar-refractivity contribution in [3.8, 4) is 5.75 Å². The van der Waals surface area contributed by atoms with E-state index in [2.05, 4.69) is 33.4 Å². The summed E-state index contributed by atoms with van der Waals surface area (Å²) in [5.41, 5.74) is 6.75. The van der Waals surface area contributed by atoms with Crippen molar-refractivity contribution in [3.05, 3.63) is 40.5 Å². The van der Waals surface area contributed by atoms with E-state index < -0.39 is 0 Å². The molecule has 2 unspecified atom stereocenters. The molecule has 4 atom stereocenters. The third kappa shape index (κ3) is 2.20. The van der Waals surface area contributed by atoms with Crippen molar-refractivity contribution in [1.29, 1.82) is 0 Å². The van der Waals surface area contributed by atoms with Gasteiger partial charge in [0.15, 0.2) is 5.78 Å². The van der Waals surface area contributed by atoms with E-state index >= 15 is 0 Å². The zero-order valence-electron chi connectivity index (χ0n) is 16.8. The van der Waals surface area contributed by atoms with Gasteiger partial charge in [-0.3, -0.25) is 4.79 Å². The Balaban J connectivity index is 1.97. The van der Waals surface area contributed by atoms with Crippen molar-refractivity contribution in [3.63, 3.8) is 0 Å². The fourth-order valence-electron chi connectivity index (χ4n) is 6.47. The number of allylic oxidation sites excluding steroid dienone is 1. The van der Waals surface area contributed by atoms with Crippen LogP contribution in [-0.4, -0.2) is 12.9 Å². The second-order valence-corrected chi connectivity index (χ2v) is 8.81. The van der Waals surface area contributed by atoms with Gasteiger partial charge in [-0.05, 0) is 85.0 Å². The molecule has 3 aliphatic carbocycles. The number of ketones is 1. The lowest BCUT2D eigenvalue weighted by Crippen LogP contribution is -2.41. The quantitative estimate of drug-likeness (QED) is 0.626. The zero-order valence-corrected chi connectivity index (χ0v) is 16.8. The largest absolute Gasteiger partial charge is 0.496 e. The molecule has 1 aromatic carbocycles. The normalized spacial score (nSPS) is 32.8. The van der Waals surface area contributed by atoms with Gasteiger partial charge in [-0.1, -0.05) is 32.9 Å². The molecular formula is C24H32O2. The second-order valence-electron chi connectivity index (χ2n) is 8.81. The van der Waals surface area contributed by atoms with Crippen LogP contribution >= 0.6 is 0 Å². The van der Waals surface area contributed by atoms with Gasteiger partial charge in [0.1, 0.15) is 5.75 Å². The minimum absolute atomic E-state index is 0.127. The Kier molecular flexibility index (Phi) is 4.28. The lowest BCUT2D eigenvalue weighted by Gasteiger charge is -2.48. The van der Waals surface area contributed by atoms with E-state index in [1.54, 1.807) is 7.11 Å². The number of benzene rings is 1. The number of hydrogen-bond donors (Lipinski definition) is 0. The maximum atomic E-state index is 13.2. The highest BCUT2D eigenvalue weighted by Crippen LogP contribution is 2.57. The van der Waals surface area contributed by atoms with E-state index in [1.165, 1.54) is 47.9 Å². The molecular weight excluding hydrogens is 320 g/mol. The standard InChI is InChI=1S/C24H32O2/c1-6-15-16(7-2)23(25)22-20(26-5)13-19-17(21(15)22)10-11-18-14(3)9-8-12-24(18,19)4/h13,15-16,18H,3,6-12H2,1-2,4-5H3/t15?,16?,18-,24-/m0/s1. The first-order valence-corrected chi connectivity index (χ1v) is 10.4. The molecule has 0 heterocycles. The van der Waals surface area contributed by atoms with Crippen LogP contribution in [0.2, 0.25) is 0 Å². The van der Waals surface area contributed by atoms with Gasteiger partial charge in [0.25, 0.3) is 0 Å². The molecule has 2 nitrogen and oxygen atoms in total. The summed E-state index contributed by atoms with van der Waals surface area (Å²) in [6.45, 7) is 11.2. The first kappa shape index (κ1) is 17.8. The van der Waals surface area contributed by atoms with Crippen LogP contribution in [0, 0.1) is 11.8 Å². The number of carbonyl (C=O) groups is 1. The minimum atomic E-state index is 0.127. The van der Waals surface area contributed by atoms with Gasteiger partial charge >= 0.3 is 0 Å². The van der Waals surface area contributed by atoms with Crippen LogP contribution in [0.1, 0.15) is 92.3 Å². The Hall–Kier alpha value is -1.57. The zero-order chi connectivity index (χ0) is 18.6. The van der Waals surface area contributed by atoms with Gasteiger partial charge in [0, 0.05) is 5.92 Å². The predicted molar refractivity (Wildman–Crippen MR) is 106 cm³/mol. The van der Waals surface area contributed by atoms with Gasteiger partial charge in [-0.15, -0.1) is 0 Å². The Morgan fingerprint density at radius 2 is 1.96 bits per heavy atom. The number of ether oxygens (including phenoxy) is 1. The molecule has 0 N–H and O–H groups in total. The number of fused-ring (bicyclic) bond motifs is 5. The van der Waals surface area contributed by atoms with E-state index in [4.69, 9.17) is 4.74 Å². The lowest BCUT2D eigenvalue weighted by molar-refractivity contribution is 0.0916. The van der Waals surface area contributed by atoms with Gasteiger partial charge < -0.3 is 4.74 Å². The molecule has 140 valence electrons. The first-order valence-electron chi connectivity index (χ1n) is 10.4. The summed E-state index contributed by atoms with van der Waals surface area (Å²) in [7, 11) is 1.72. The second kappa shape index (κ2) is 6.25. The summed E-state index contributed by atoms with van der Waals surface area (Å²) in [6, 6.07) is 2.22. The highest BCUT2D eigenvalue weighted by atomic mass is 16.5. The molecule has 1 saturated carbocycles. The van der Waals surface area contributed by atoms with Gasteiger partial charge in [0.2, 0.25) is 0 Å². The van der Waals surface area contributed by atoms with Crippen LogP contribution < -0.4 is 4.74 Å². The molecule has 0 radical (unpaired) electrons. The smallest absolute Gasteiger partial charge is 0.170 e. The highest BCUT2D eigenvalue weighted by molar-refractivity contribution is 6.06. The molecule has 4 rings (SSSR count). The Labute approximate surface area is 158 Å². The molecule has 0 aliphatic heterocycles. The van der Waals surface area contributed by atoms with Crippen molar-refractivity contribution in [2.75, 3.05) is 7.11 Å². The summed E-state index contributed by atoms with van der Waals surface area (Å²) in [6.07, 6.45) is 7.83. The third-order valence-electron chi connectivity index (χ3n) is 7.73. The summed E-state index contributed by atoms with van der Waals surface area (Å²) >= 11 is 0. The predicted octanol–water partition coefficient (Wildman–Crippen LogP) is 5.97. The summed E-state index contributed by atoms with van der Waals surface area (Å²) < 4.78 is 5.79. The topological polar surface area (TPSA) is 26.3 Å². The molecule has 1 aromatic rings. The maximum Gasteiger partial charge on any atom is 0.170 e. The van der Waals surface area contributed by atoms with Crippen molar-refractivity contribution in [2.45, 2.75) is 77.0 Å². The molecule has 3 aliphatic rings. The number of rotatable bonds is 3. The fourth-order valence-corrected chi connectivity index (χ4v) is 6.47. The van der Waals surface area contributed by atoms with Gasteiger partial charge in [-0.25, -0.2) is 0 Å². The molecule has 2 heteroatoms. The highest BCUT2D eigenvalue weighted by Gasteiger charge is 2.48. The number of carbonyl (C=O) groups excluding carboxylic acids is 1. The Bertz CT molecular complexity index is 775. The molecule has 0 amide bonds. The van der Waals surface area contributed by atoms with Crippen molar-refractivity contribution < 1.29 is 9.53 Å². The van der Waals surface area contributed by atoms with Crippen molar-refractivity contribution >= 4 is 5.78 Å². The van der Waals surface area contributed by atoms with Crippen LogP contribution in [0.3, 0.4) is 0 Å². The summed E-state index contributed by atoms with van der Waals surface area (Å²) in [4.78, 5) is 13.2. The third-order valence-corrected chi connectivity index (χ3v) is 7.73. The SMILES string of the molecule is C=C1CCC[C@]2(C)c3cc(OC)c4c(c3CC[C@@H]12)C(CC)C(CC)C4=O. The average Bonchev–Trinajstić information content (AvgIpc) is 2.93. The van der Waals surface area contributed by atoms with Crippen molar-refractivity contribution in [1.82, 2.24) is 0 Å². The van der Waals surface area contributed by atoms with Crippen LogP contribution in [0.5, 0.6) is 5.75 Å². The Morgan fingerprint density at radius 3 is 2.62 bits per heavy atom. The van der Waals surface area contributed by atoms with Crippen LogP contribution in [-0.2, 0) is 11.8 Å². The van der Waals surface area contributed by atoms with Gasteiger partial charge in [-0.2, -0.15) is 0 Å². The molecule has 1 fully saturated rings. The van der Waals surface area contributed by atoms with Crippen LogP contribution in [0.25, 0.3) is 0 Å². The average molecular weight is 353 g/mol. The van der Waals surface area contributed by atoms with E-state index in [0.29, 0.717) is 17.6 Å². The van der Waals surface area contributed by atoms with Gasteiger partial charge in [0.05, 0.1) is 12.7 Å². The molecule has 0 spiro atoms. The molecule has 0 aromatic heterocycles. The van der Waals surface area contributed by atoms with E-state index in [1.807, 2.05) is 0 Å². The molecule has 0 bridgehead atoms. The Morgan fingerprint density at radius 1 is 1.23 bits per heavy atom. The first-order chi connectivity index (χ1) is 12.5. The van der Waals surface area contributed by atoms with E-state index in [9.17, 15) is 4.79 Å². The number of Topliss-reactive ketones (excluding diaryl/α,β-unsaturated/α-hetero) is 1. The van der Waals surface area contributed by atoms with Crippen LogP contribution in [0.15, 0.2) is 18.2 Å². The maximum absolute atomic E-state index is 13.2. The minimum Gasteiger partial charge on any atom is -0.496 e. The number of methoxy groups -OCH3 is 1. The van der Waals surface area contributed by atoms with Crippen molar-refractivity contribution in [2.24, 2.45) is 11.8 Å². The fraction of sp³-hybridized carbons (Fsp3) is 0.625. The van der Waals surface area contributed by atoms with Crippen LogP contribution in [0.4, 0.5) is 0 Å². The summed E-state index contributed by atoms with van der Waals surface area (Å²) in [5.74, 6) is 2.19. The summed E-state index contributed by atoms with van der Waals surface area (Å²) in [5, 5.41) is 0. The molecule has 0 saturated heterocycles.